The molecule has 27 heavy (non-hydrogen) atoms. The molecule has 0 unspecified atom stereocenters. The summed E-state index contributed by atoms with van der Waals surface area (Å²) in [5, 5.41) is 20.6. The maximum Gasteiger partial charge on any atom is 0.192 e. The maximum absolute atomic E-state index is 10.6. The van der Waals surface area contributed by atoms with E-state index in [1.54, 1.807) is 0 Å². The summed E-state index contributed by atoms with van der Waals surface area (Å²) >= 11 is 0. The average molecular weight is 421 g/mol. The van der Waals surface area contributed by atoms with Gasteiger partial charge >= 0.3 is 0 Å². The second-order valence-electron chi connectivity index (χ2n) is 11.0. The molecule has 7 heteroatoms. The molecule has 1 saturated heterocycles. The number of hydrogen-bond acceptors (Lipinski definition) is 5. The van der Waals surface area contributed by atoms with E-state index in [-0.39, 0.29) is 35.0 Å². The van der Waals surface area contributed by atoms with Gasteiger partial charge in [-0.05, 0) is 42.7 Å². The van der Waals surface area contributed by atoms with Crippen molar-refractivity contribution in [3.63, 3.8) is 0 Å². The molecule has 0 bridgehead atoms. The summed E-state index contributed by atoms with van der Waals surface area (Å²) in [4.78, 5) is 0. The van der Waals surface area contributed by atoms with Crippen molar-refractivity contribution in [1.29, 1.82) is 0 Å². The van der Waals surface area contributed by atoms with E-state index in [9.17, 15) is 10.2 Å². The minimum absolute atomic E-state index is 0.0804. The highest BCUT2D eigenvalue weighted by Gasteiger charge is 2.46. The molecule has 0 spiro atoms. The first-order valence-electron chi connectivity index (χ1n) is 10.3. The fourth-order valence-corrected chi connectivity index (χ4v) is 5.09. The number of aliphatic hydroxyl groups excluding tert-OH is 2. The van der Waals surface area contributed by atoms with E-state index in [1.807, 2.05) is 0 Å². The van der Waals surface area contributed by atoms with Crippen molar-refractivity contribution < 1.29 is 23.8 Å². The molecule has 162 valence electrons. The van der Waals surface area contributed by atoms with Crippen molar-refractivity contribution in [2.45, 2.75) is 115 Å². The van der Waals surface area contributed by atoms with Gasteiger partial charge in [0, 0.05) is 13.0 Å². The second-order valence-corrected chi connectivity index (χ2v) is 20.6. The van der Waals surface area contributed by atoms with Gasteiger partial charge in [-0.2, -0.15) is 0 Å². The molecule has 0 aromatic carbocycles. The molecule has 5 nitrogen and oxygen atoms in total. The Hall–Kier alpha value is 0.234. The van der Waals surface area contributed by atoms with Crippen LogP contribution in [0, 0.1) is 0 Å². The molecule has 1 heterocycles. The smallest absolute Gasteiger partial charge is 0.192 e. The zero-order valence-electron chi connectivity index (χ0n) is 19.3. The molecular weight excluding hydrogens is 376 g/mol. The van der Waals surface area contributed by atoms with E-state index in [0.717, 1.165) is 0 Å². The van der Waals surface area contributed by atoms with Gasteiger partial charge < -0.3 is 23.8 Å². The molecule has 0 radical (unpaired) electrons. The topological polar surface area (TPSA) is 68.2 Å². The first-order valence-corrected chi connectivity index (χ1v) is 16.1. The van der Waals surface area contributed by atoms with Gasteiger partial charge in [0.2, 0.25) is 0 Å². The van der Waals surface area contributed by atoms with Crippen molar-refractivity contribution in [3.05, 3.63) is 0 Å². The van der Waals surface area contributed by atoms with Gasteiger partial charge in [0.15, 0.2) is 16.6 Å². The van der Waals surface area contributed by atoms with E-state index in [1.165, 1.54) is 0 Å². The minimum atomic E-state index is -1.96. The van der Waals surface area contributed by atoms with Gasteiger partial charge in [-0.25, -0.2) is 0 Å². The van der Waals surface area contributed by atoms with Crippen molar-refractivity contribution in [2.75, 3.05) is 13.2 Å². The van der Waals surface area contributed by atoms with Crippen LogP contribution in [-0.2, 0) is 13.6 Å². The molecule has 0 aromatic rings. The quantitative estimate of drug-likeness (QED) is 0.573. The zero-order chi connectivity index (χ0) is 21.3. The third-order valence-electron chi connectivity index (χ3n) is 6.77. The summed E-state index contributed by atoms with van der Waals surface area (Å²) in [6.07, 6.45) is -0.255. The van der Waals surface area contributed by atoms with Crippen molar-refractivity contribution in [1.82, 2.24) is 0 Å². The van der Waals surface area contributed by atoms with Crippen LogP contribution in [0.1, 0.15) is 54.4 Å². The van der Waals surface area contributed by atoms with E-state index in [0.29, 0.717) is 19.4 Å². The lowest BCUT2D eigenvalue weighted by Crippen LogP contribution is -2.46. The summed E-state index contributed by atoms with van der Waals surface area (Å²) in [6.45, 7) is 22.6. The van der Waals surface area contributed by atoms with E-state index in [4.69, 9.17) is 13.6 Å². The predicted molar refractivity (Wildman–Crippen MR) is 116 cm³/mol. The van der Waals surface area contributed by atoms with Crippen LogP contribution in [0.3, 0.4) is 0 Å². The third kappa shape index (κ3) is 6.62. The molecular formula is C20H44O5Si2. The first-order chi connectivity index (χ1) is 12.0. The SMILES string of the molecule is CC(C)(C)[Si](C)(C)OCC[C@H](O)[C@@H]1C[C@H](O[Si](C)(C)C(C)(C)C)[C@@H](CO)O1. The van der Waals surface area contributed by atoms with Crippen LogP contribution >= 0.6 is 0 Å². The fourth-order valence-electron chi connectivity index (χ4n) is 2.67. The van der Waals surface area contributed by atoms with Crippen LogP contribution in [0.15, 0.2) is 0 Å². The molecule has 4 atom stereocenters. The molecule has 1 fully saturated rings. The van der Waals surface area contributed by atoms with Gasteiger partial charge in [0.1, 0.15) is 6.10 Å². The van der Waals surface area contributed by atoms with Crippen LogP contribution < -0.4 is 0 Å². The monoisotopic (exact) mass is 420 g/mol. The second kappa shape index (κ2) is 8.94. The van der Waals surface area contributed by atoms with E-state index < -0.39 is 22.7 Å². The van der Waals surface area contributed by atoms with Gasteiger partial charge in [-0.3, -0.25) is 0 Å². The summed E-state index contributed by atoms with van der Waals surface area (Å²) in [6, 6.07) is 0. The Balaban J connectivity index is 2.62. The zero-order valence-corrected chi connectivity index (χ0v) is 21.3. The van der Waals surface area contributed by atoms with Crippen LogP contribution in [-0.4, -0.2) is 64.5 Å². The highest BCUT2D eigenvalue weighted by Crippen LogP contribution is 2.40. The summed E-state index contributed by atoms with van der Waals surface area (Å²) < 4.78 is 18.6. The van der Waals surface area contributed by atoms with Crippen LogP contribution in [0.25, 0.3) is 0 Å². The van der Waals surface area contributed by atoms with Gasteiger partial charge in [0.05, 0.1) is 24.9 Å². The predicted octanol–water partition coefficient (Wildman–Crippen LogP) is 4.30. The fraction of sp³-hybridized carbons (Fsp3) is 1.00. The van der Waals surface area contributed by atoms with Crippen molar-refractivity contribution >= 4 is 16.6 Å². The maximum atomic E-state index is 10.6. The largest absolute Gasteiger partial charge is 0.417 e. The summed E-state index contributed by atoms with van der Waals surface area (Å²) in [5.41, 5.74) is 0. The number of aliphatic hydroxyl groups is 2. The molecule has 0 saturated carbocycles. The van der Waals surface area contributed by atoms with Gasteiger partial charge in [-0.15, -0.1) is 0 Å². The number of ether oxygens (including phenoxy) is 1. The Morgan fingerprint density at radius 2 is 1.52 bits per heavy atom. The minimum Gasteiger partial charge on any atom is -0.417 e. The van der Waals surface area contributed by atoms with Crippen LogP contribution in [0.4, 0.5) is 0 Å². The van der Waals surface area contributed by atoms with Crippen molar-refractivity contribution in [3.8, 4) is 0 Å². The Kier molecular flexibility index (Phi) is 8.36. The molecule has 1 rings (SSSR count). The normalized spacial score (nSPS) is 26.4. The highest BCUT2D eigenvalue weighted by molar-refractivity contribution is 6.74. The number of hydrogen-bond donors (Lipinski definition) is 2. The number of rotatable bonds is 8. The van der Waals surface area contributed by atoms with Gasteiger partial charge in [-0.1, -0.05) is 41.5 Å². The molecule has 1 aliphatic heterocycles. The van der Waals surface area contributed by atoms with Crippen LogP contribution in [0.2, 0.25) is 36.3 Å². The molecule has 0 amide bonds. The average Bonchev–Trinajstić information content (AvgIpc) is 2.86. The lowest BCUT2D eigenvalue weighted by atomic mass is 10.1. The Bertz CT molecular complexity index is 468. The standard InChI is InChI=1S/C20H44O5Si2/c1-19(2,3)26(7,8)23-12-11-15(22)16-13-17(18(14-21)24-16)25-27(9,10)20(4,5)6/h15-18,21-22H,11-14H2,1-10H3/t15-,16-,17-,18+/m0/s1. The van der Waals surface area contributed by atoms with Gasteiger partial charge in [0.25, 0.3) is 0 Å². The summed E-state index contributed by atoms with van der Waals surface area (Å²) in [5.74, 6) is 0. The Morgan fingerprint density at radius 3 is 1.96 bits per heavy atom. The lowest BCUT2D eigenvalue weighted by Gasteiger charge is -2.39. The molecule has 1 aliphatic rings. The molecule has 0 aromatic heterocycles. The molecule has 2 N–H and O–H groups in total. The van der Waals surface area contributed by atoms with E-state index in [2.05, 4.69) is 67.7 Å². The Morgan fingerprint density at radius 1 is 1.00 bits per heavy atom. The third-order valence-corrected chi connectivity index (χ3v) is 15.8. The van der Waals surface area contributed by atoms with Crippen LogP contribution in [0.5, 0.6) is 0 Å². The van der Waals surface area contributed by atoms with Crippen molar-refractivity contribution in [2.24, 2.45) is 0 Å². The van der Waals surface area contributed by atoms with E-state index >= 15 is 0 Å². The highest BCUT2D eigenvalue weighted by atomic mass is 28.4. The first kappa shape index (κ1) is 25.3. The molecule has 0 aliphatic carbocycles. The summed E-state index contributed by atoms with van der Waals surface area (Å²) in [7, 11) is -3.76. The lowest BCUT2D eigenvalue weighted by molar-refractivity contribution is -0.0645. The Labute approximate surface area is 169 Å².